The molecule has 2 aliphatic rings. The molecule has 0 aliphatic carbocycles. The lowest BCUT2D eigenvalue weighted by atomic mass is 10.0. The van der Waals surface area contributed by atoms with Crippen molar-refractivity contribution in [3.63, 3.8) is 0 Å². The summed E-state index contributed by atoms with van der Waals surface area (Å²) in [6, 6.07) is 6.07. The molecule has 1 saturated heterocycles. The van der Waals surface area contributed by atoms with Crippen LogP contribution in [-0.2, 0) is 9.59 Å². The van der Waals surface area contributed by atoms with Crippen LogP contribution < -0.4 is 4.90 Å². The van der Waals surface area contributed by atoms with Crippen molar-refractivity contribution in [2.45, 2.75) is 58.8 Å². The maximum atomic E-state index is 11.2. The van der Waals surface area contributed by atoms with Crippen LogP contribution in [0.4, 0.5) is 5.69 Å². The molecular formula is C23H33BrN2O3. The Morgan fingerprint density at radius 1 is 1.03 bits per heavy atom. The quantitative estimate of drug-likeness (QED) is 0.638. The number of nitrogens with zero attached hydrogens (tertiary/aromatic N) is 2. The van der Waals surface area contributed by atoms with Gasteiger partial charge in [-0.1, -0.05) is 29.8 Å². The topological polar surface area (TPSA) is 60.9 Å². The molecule has 0 unspecified atom stereocenters. The van der Waals surface area contributed by atoms with Gasteiger partial charge >= 0.3 is 5.97 Å². The summed E-state index contributed by atoms with van der Waals surface area (Å²) >= 11 is 3.46. The molecule has 3 rings (SSSR count). The second-order valence-corrected chi connectivity index (χ2v) is 8.52. The molecule has 1 aromatic rings. The molecule has 1 N–H and O–H groups in total. The van der Waals surface area contributed by atoms with E-state index in [1.54, 1.807) is 0 Å². The lowest BCUT2D eigenvalue weighted by molar-refractivity contribution is -0.133. The molecule has 2 heterocycles. The zero-order chi connectivity index (χ0) is 21.2. The lowest BCUT2D eigenvalue weighted by Crippen LogP contribution is -2.35. The van der Waals surface area contributed by atoms with E-state index in [1.807, 2.05) is 23.1 Å². The number of likely N-dealkylation sites (tertiary alicyclic amines) is 1. The number of anilines is 1. The summed E-state index contributed by atoms with van der Waals surface area (Å²) in [4.78, 5) is 26.7. The van der Waals surface area contributed by atoms with E-state index in [9.17, 15) is 14.7 Å². The molecule has 5 nitrogen and oxygen atoms in total. The van der Waals surface area contributed by atoms with Gasteiger partial charge in [-0.2, -0.15) is 0 Å². The summed E-state index contributed by atoms with van der Waals surface area (Å²) in [6.07, 6.45) is 8.57. The maximum Gasteiger partial charge on any atom is 0.331 e. The van der Waals surface area contributed by atoms with Gasteiger partial charge in [-0.05, 0) is 68.4 Å². The number of carbonyl (C=O) groups excluding carboxylic acids is 1. The van der Waals surface area contributed by atoms with Crippen LogP contribution in [0, 0.1) is 0 Å². The molecule has 6 heteroatoms. The van der Waals surface area contributed by atoms with Crippen LogP contribution in [0.5, 0.6) is 0 Å². The van der Waals surface area contributed by atoms with Crippen LogP contribution in [0.25, 0.3) is 6.08 Å². The van der Waals surface area contributed by atoms with Gasteiger partial charge in [-0.3, -0.25) is 4.79 Å². The summed E-state index contributed by atoms with van der Waals surface area (Å²) < 4.78 is 0.976. The van der Waals surface area contributed by atoms with Gasteiger partial charge in [0.2, 0.25) is 5.91 Å². The van der Waals surface area contributed by atoms with E-state index in [-0.39, 0.29) is 0 Å². The fourth-order valence-electron chi connectivity index (χ4n) is 3.81. The van der Waals surface area contributed by atoms with Gasteiger partial charge in [-0.15, -0.1) is 0 Å². The highest BCUT2D eigenvalue weighted by molar-refractivity contribution is 9.10. The number of carboxylic acid groups (broad SMARTS) is 1. The summed E-state index contributed by atoms with van der Waals surface area (Å²) in [5.41, 5.74) is 2.61. The number of fused-ring (bicyclic) bond motifs is 1. The normalized spacial score (nSPS) is 16.8. The Labute approximate surface area is 182 Å². The third-order valence-electron chi connectivity index (χ3n) is 5.22. The van der Waals surface area contributed by atoms with Crippen molar-refractivity contribution in [1.29, 1.82) is 0 Å². The van der Waals surface area contributed by atoms with Crippen LogP contribution in [0.2, 0.25) is 0 Å². The molecule has 1 amide bonds. The average Bonchev–Trinajstić information content (AvgIpc) is 2.67. The van der Waals surface area contributed by atoms with Crippen molar-refractivity contribution in [3.8, 4) is 0 Å². The number of halogens is 1. The monoisotopic (exact) mass is 464 g/mol. The van der Waals surface area contributed by atoms with E-state index in [0.29, 0.717) is 17.9 Å². The van der Waals surface area contributed by atoms with E-state index in [0.717, 1.165) is 74.0 Å². The molecule has 0 saturated carbocycles. The zero-order valence-electron chi connectivity index (χ0n) is 17.6. The molecule has 0 spiro atoms. The van der Waals surface area contributed by atoms with Crippen molar-refractivity contribution in [3.05, 3.63) is 33.8 Å². The number of carboxylic acids is 1. The molecule has 0 aromatic heterocycles. The SMILES string of the molecule is CCCN1CCCC(C(=O)O)=Cc2cc(Br)ccc21.CCCN1CCCCC1=O. The van der Waals surface area contributed by atoms with Crippen LogP contribution in [-0.4, -0.2) is 48.1 Å². The predicted molar refractivity (Wildman–Crippen MR) is 122 cm³/mol. The zero-order valence-corrected chi connectivity index (χ0v) is 19.2. The largest absolute Gasteiger partial charge is 0.478 e. The van der Waals surface area contributed by atoms with Crippen LogP contribution in [0.3, 0.4) is 0 Å². The van der Waals surface area contributed by atoms with Crippen molar-refractivity contribution in [2.75, 3.05) is 31.1 Å². The minimum Gasteiger partial charge on any atom is -0.478 e. The highest BCUT2D eigenvalue weighted by atomic mass is 79.9. The first-order chi connectivity index (χ1) is 14.0. The van der Waals surface area contributed by atoms with Crippen molar-refractivity contribution >= 4 is 39.6 Å². The number of piperidine rings is 1. The Kier molecular flexibility index (Phi) is 9.71. The molecule has 160 valence electrons. The first kappa shape index (κ1) is 23.5. The fraction of sp³-hybridized carbons (Fsp3) is 0.565. The summed E-state index contributed by atoms with van der Waals surface area (Å²) in [6.45, 7) is 8.14. The average molecular weight is 465 g/mol. The number of carbonyl (C=O) groups is 2. The van der Waals surface area contributed by atoms with Crippen molar-refractivity contribution in [1.82, 2.24) is 4.90 Å². The minimum absolute atomic E-state index is 0.355. The highest BCUT2D eigenvalue weighted by Crippen LogP contribution is 2.30. The number of hydrogen-bond acceptors (Lipinski definition) is 3. The molecule has 1 fully saturated rings. The second kappa shape index (κ2) is 12.0. The van der Waals surface area contributed by atoms with Gasteiger partial charge in [-0.25, -0.2) is 4.79 Å². The van der Waals surface area contributed by atoms with Gasteiger partial charge < -0.3 is 14.9 Å². The number of hydrogen-bond donors (Lipinski definition) is 1. The van der Waals surface area contributed by atoms with E-state index in [1.165, 1.54) is 6.42 Å². The lowest BCUT2D eigenvalue weighted by Gasteiger charge is -2.28. The Morgan fingerprint density at radius 2 is 1.72 bits per heavy atom. The summed E-state index contributed by atoms with van der Waals surface area (Å²) in [7, 11) is 0. The number of aliphatic carboxylic acids is 1. The Hall–Kier alpha value is -1.82. The first-order valence-electron chi connectivity index (χ1n) is 10.7. The van der Waals surface area contributed by atoms with Crippen molar-refractivity contribution in [2.24, 2.45) is 0 Å². The Morgan fingerprint density at radius 3 is 2.38 bits per heavy atom. The maximum absolute atomic E-state index is 11.2. The number of amides is 1. The summed E-state index contributed by atoms with van der Waals surface area (Å²) in [5.74, 6) is -0.456. The molecule has 0 bridgehead atoms. The van der Waals surface area contributed by atoms with Crippen LogP contribution >= 0.6 is 15.9 Å². The smallest absolute Gasteiger partial charge is 0.331 e. The van der Waals surface area contributed by atoms with Gasteiger partial charge in [0.25, 0.3) is 0 Å². The molecule has 2 aliphatic heterocycles. The number of rotatable bonds is 5. The molecular weight excluding hydrogens is 432 g/mol. The van der Waals surface area contributed by atoms with E-state index >= 15 is 0 Å². The van der Waals surface area contributed by atoms with Gasteiger partial charge in [0, 0.05) is 48.3 Å². The van der Waals surface area contributed by atoms with Gasteiger partial charge in [0.1, 0.15) is 0 Å². The third-order valence-corrected chi connectivity index (χ3v) is 5.71. The van der Waals surface area contributed by atoms with E-state index in [4.69, 9.17) is 0 Å². The van der Waals surface area contributed by atoms with E-state index in [2.05, 4.69) is 40.7 Å². The first-order valence-corrected chi connectivity index (χ1v) is 11.5. The highest BCUT2D eigenvalue weighted by Gasteiger charge is 2.17. The van der Waals surface area contributed by atoms with E-state index < -0.39 is 5.97 Å². The van der Waals surface area contributed by atoms with Gasteiger partial charge in [0.05, 0.1) is 0 Å². The Bertz CT molecular complexity index is 731. The molecule has 29 heavy (non-hydrogen) atoms. The third kappa shape index (κ3) is 7.18. The van der Waals surface area contributed by atoms with Gasteiger partial charge in [0.15, 0.2) is 0 Å². The molecule has 1 aromatic carbocycles. The standard InChI is InChI=1S/C15H18BrNO2.C8H15NO/c1-2-7-17-8-3-4-11(15(18)19)9-12-10-13(16)5-6-14(12)17;1-2-6-9-7-4-3-5-8(9)10/h5-6,9-10H,2-4,7-8H2,1H3,(H,18,19);2-7H2,1H3. The molecule has 0 radical (unpaired) electrons. The van der Waals surface area contributed by atoms with Crippen molar-refractivity contribution < 1.29 is 14.7 Å². The number of benzene rings is 1. The Balaban J connectivity index is 0.000000253. The van der Waals surface area contributed by atoms with Crippen LogP contribution in [0.15, 0.2) is 28.2 Å². The molecule has 0 atom stereocenters. The second-order valence-electron chi connectivity index (χ2n) is 7.61. The summed E-state index contributed by atoms with van der Waals surface area (Å²) in [5, 5.41) is 9.23. The minimum atomic E-state index is -0.810. The van der Waals surface area contributed by atoms with Crippen LogP contribution in [0.1, 0.15) is 64.4 Å². The fourth-order valence-corrected chi connectivity index (χ4v) is 4.19. The predicted octanol–water partition coefficient (Wildman–Crippen LogP) is 5.34.